The summed E-state index contributed by atoms with van der Waals surface area (Å²) in [6.45, 7) is 2.21. The molecule has 2 saturated carbocycles. The molecule has 2 fully saturated rings. The summed E-state index contributed by atoms with van der Waals surface area (Å²) in [7, 11) is 0. The van der Waals surface area contributed by atoms with Crippen molar-refractivity contribution in [2.45, 2.75) is 51.0 Å². The molecule has 140 valence electrons. The number of hydrogen-bond donors (Lipinski definition) is 3. The van der Waals surface area contributed by atoms with E-state index >= 15 is 0 Å². The molecule has 3 aromatic rings. The van der Waals surface area contributed by atoms with Crippen LogP contribution in [0.4, 0.5) is 0 Å². The summed E-state index contributed by atoms with van der Waals surface area (Å²) < 4.78 is 3.98. The molecule has 0 saturated heterocycles. The molecule has 0 radical (unpaired) electrons. The summed E-state index contributed by atoms with van der Waals surface area (Å²) in [5.41, 5.74) is 3.17. The maximum atomic E-state index is 8.96. The van der Waals surface area contributed by atoms with E-state index in [2.05, 4.69) is 32.7 Å². The highest BCUT2D eigenvalue weighted by Gasteiger charge is 2.40. The minimum absolute atomic E-state index is 0.130. The Morgan fingerprint density at radius 1 is 1.30 bits per heavy atom. The normalized spacial score (nSPS) is 25.3. The second kappa shape index (κ2) is 6.18. The van der Waals surface area contributed by atoms with Gasteiger partial charge < -0.3 is 4.98 Å². The van der Waals surface area contributed by atoms with Crippen LogP contribution in [-0.4, -0.2) is 30.2 Å². The molecule has 3 heterocycles. The molecule has 7 nitrogen and oxygen atoms in total. The van der Waals surface area contributed by atoms with Gasteiger partial charge in [-0.25, -0.2) is 4.98 Å². The molecular formula is C20H25N7. The Bertz CT molecular complexity index is 1050. The molecule has 0 unspecified atom stereocenters. The fraction of sp³-hybridized carbons (Fsp3) is 0.500. The fourth-order valence-electron chi connectivity index (χ4n) is 4.79. The van der Waals surface area contributed by atoms with Gasteiger partial charge in [0.15, 0.2) is 5.65 Å². The summed E-state index contributed by atoms with van der Waals surface area (Å²) in [5, 5.41) is 21.9. The standard InChI is InChI=1S/C20H25N7/c1-2-12-9-14(27-16(6-8-25-27)13-3-4-13)10-15(12)19(22)26-17-5-7-23-20(17)24-11-18(26)21/h5-8,11-15,21-23H,2-4,9-10H2,1H3/t12-,14+,15+/m1/s1. The second-order valence-electron chi connectivity index (χ2n) is 7.95. The molecule has 7 heteroatoms. The molecular weight excluding hydrogens is 338 g/mol. The number of H-pyrrole nitrogens is 1. The monoisotopic (exact) mass is 363 g/mol. The van der Waals surface area contributed by atoms with Gasteiger partial charge in [-0.05, 0) is 43.7 Å². The maximum Gasteiger partial charge on any atom is 0.154 e. The molecule has 3 atom stereocenters. The number of nitrogens with one attached hydrogen (secondary N) is 3. The first kappa shape index (κ1) is 16.5. The van der Waals surface area contributed by atoms with E-state index in [1.165, 1.54) is 24.7 Å². The van der Waals surface area contributed by atoms with Crippen LogP contribution in [0.2, 0.25) is 0 Å². The number of aromatic amines is 1. The van der Waals surface area contributed by atoms with Gasteiger partial charge in [-0.2, -0.15) is 5.10 Å². The molecule has 0 spiro atoms. The van der Waals surface area contributed by atoms with Gasteiger partial charge in [0.1, 0.15) is 11.3 Å². The number of fused-ring (bicyclic) bond motifs is 1. The zero-order chi connectivity index (χ0) is 18.5. The van der Waals surface area contributed by atoms with Crippen LogP contribution in [0.25, 0.3) is 11.2 Å². The smallest absolute Gasteiger partial charge is 0.154 e. The van der Waals surface area contributed by atoms with Gasteiger partial charge in [-0.1, -0.05) is 13.3 Å². The van der Waals surface area contributed by atoms with Crippen molar-refractivity contribution in [1.29, 1.82) is 10.8 Å². The van der Waals surface area contributed by atoms with Gasteiger partial charge in [0.2, 0.25) is 0 Å². The Labute approximate surface area is 157 Å². The lowest BCUT2D eigenvalue weighted by molar-refractivity contribution is 0.420. The van der Waals surface area contributed by atoms with Crippen LogP contribution in [0.1, 0.15) is 56.7 Å². The maximum absolute atomic E-state index is 8.96. The van der Waals surface area contributed by atoms with Gasteiger partial charge in [-0.15, -0.1) is 0 Å². The lowest BCUT2D eigenvalue weighted by atomic mass is 9.92. The quantitative estimate of drug-likeness (QED) is 0.489. The lowest BCUT2D eigenvalue weighted by Gasteiger charge is -2.21. The van der Waals surface area contributed by atoms with E-state index in [9.17, 15) is 0 Å². The van der Waals surface area contributed by atoms with Crippen LogP contribution in [0.3, 0.4) is 0 Å². The lowest BCUT2D eigenvalue weighted by Crippen LogP contribution is -2.33. The van der Waals surface area contributed by atoms with Crippen molar-refractivity contribution < 1.29 is 0 Å². The van der Waals surface area contributed by atoms with E-state index in [1.807, 2.05) is 18.5 Å². The first-order valence-electron chi connectivity index (χ1n) is 9.89. The predicted molar refractivity (Wildman–Crippen MR) is 103 cm³/mol. The van der Waals surface area contributed by atoms with Crippen molar-refractivity contribution in [1.82, 2.24) is 24.3 Å². The van der Waals surface area contributed by atoms with E-state index in [4.69, 9.17) is 10.8 Å². The Hall–Kier alpha value is -2.70. The molecule has 3 N–H and O–H groups in total. The van der Waals surface area contributed by atoms with Gasteiger partial charge in [0.05, 0.1) is 17.8 Å². The summed E-state index contributed by atoms with van der Waals surface area (Å²) in [6.07, 6.45) is 10.8. The molecule has 0 aliphatic heterocycles. The van der Waals surface area contributed by atoms with Gasteiger partial charge in [0.25, 0.3) is 0 Å². The Morgan fingerprint density at radius 2 is 2.15 bits per heavy atom. The Kier molecular flexibility index (Phi) is 3.77. The van der Waals surface area contributed by atoms with E-state index in [0.29, 0.717) is 23.7 Å². The first-order chi connectivity index (χ1) is 13.2. The predicted octanol–water partition coefficient (Wildman–Crippen LogP) is 3.42. The van der Waals surface area contributed by atoms with Crippen LogP contribution >= 0.6 is 0 Å². The van der Waals surface area contributed by atoms with Gasteiger partial charge in [0, 0.05) is 29.9 Å². The molecule has 2 aliphatic carbocycles. The molecule has 2 aliphatic rings. The van der Waals surface area contributed by atoms with Crippen molar-refractivity contribution >= 4 is 17.0 Å². The minimum Gasteiger partial charge on any atom is -0.345 e. The van der Waals surface area contributed by atoms with Crippen LogP contribution in [-0.2, 0) is 0 Å². The minimum atomic E-state index is 0.130. The third kappa shape index (κ3) is 2.64. The summed E-state index contributed by atoms with van der Waals surface area (Å²) in [4.78, 5) is 7.36. The summed E-state index contributed by atoms with van der Waals surface area (Å²) in [5.74, 6) is 1.76. The van der Waals surface area contributed by atoms with Crippen molar-refractivity contribution in [2.75, 3.05) is 0 Å². The van der Waals surface area contributed by atoms with E-state index in [1.54, 1.807) is 4.57 Å². The highest BCUT2D eigenvalue weighted by atomic mass is 15.3. The fourth-order valence-corrected chi connectivity index (χ4v) is 4.79. The van der Waals surface area contributed by atoms with Crippen LogP contribution in [0.5, 0.6) is 0 Å². The van der Waals surface area contributed by atoms with Crippen molar-refractivity contribution in [2.24, 2.45) is 11.8 Å². The molecule has 3 aromatic heterocycles. The van der Waals surface area contributed by atoms with E-state index in [0.717, 1.165) is 30.4 Å². The zero-order valence-corrected chi connectivity index (χ0v) is 15.5. The zero-order valence-electron chi connectivity index (χ0n) is 15.5. The summed E-state index contributed by atoms with van der Waals surface area (Å²) >= 11 is 0. The largest absolute Gasteiger partial charge is 0.345 e. The molecule has 5 rings (SSSR count). The van der Waals surface area contributed by atoms with Crippen molar-refractivity contribution in [3.05, 3.63) is 41.9 Å². The SMILES string of the molecule is CC[C@@H]1C[C@H](n2nccc2C2CC2)C[C@@H]1C(=N)n1c(=N)cnc2[nH]ccc21. The number of hydrogen-bond acceptors (Lipinski definition) is 4. The number of nitrogens with zero attached hydrogens (tertiary/aromatic N) is 4. The Morgan fingerprint density at radius 3 is 2.93 bits per heavy atom. The van der Waals surface area contributed by atoms with Gasteiger partial charge in [-0.3, -0.25) is 20.1 Å². The van der Waals surface area contributed by atoms with Gasteiger partial charge >= 0.3 is 0 Å². The average Bonchev–Trinajstić information content (AvgIpc) is 3.10. The molecule has 0 amide bonds. The molecule has 27 heavy (non-hydrogen) atoms. The summed E-state index contributed by atoms with van der Waals surface area (Å²) in [6, 6.07) is 4.42. The number of aromatic nitrogens is 5. The van der Waals surface area contributed by atoms with E-state index < -0.39 is 0 Å². The van der Waals surface area contributed by atoms with Crippen molar-refractivity contribution in [3.8, 4) is 0 Å². The highest BCUT2D eigenvalue weighted by Crippen LogP contribution is 2.46. The first-order valence-corrected chi connectivity index (χ1v) is 9.89. The molecule has 0 bridgehead atoms. The second-order valence-corrected chi connectivity index (χ2v) is 7.95. The number of rotatable bonds is 4. The van der Waals surface area contributed by atoms with Crippen LogP contribution < -0.4 is 5.49 Å². The van der Waals surface area contributed by atoms with E-state index in [-0.39, 0.29) is 11.4 Å². The molecule has 0 aromatic carbocycles. The van der Waals surface area contributed by atoms with Crippen LogP contribution in [0, 0.1) is 22.7 Å². The third-order valence-corrected chi connectivity index (χ3v) is 6.33. The van der Waals surface area contributed by atoms with Crippen LogP contribution in [0.15, 0.2) is 30.7 Å². The third-order valence-electron chi connectivity index (χ3n) is 6.33. The highest BCUT2D eigenvalue weighted by molar-refractivity contribution is 5.91. The topological polar surface area (TPSA) is 99.1 Å². The van der Waals surface area contributed by atoms with Crippen molar-refractivity contribution in [3.63, 3.8) is 0 Å². The average molecular weight is 363 g/mol. The Balaban J connectivity index is 1.49.